The molecule has 1 aromatic heterocycles. The van der Waals surface area contributed by atoms with E-state index in [-0.39, 0.29) is 0 Å². The Balaban J connectivity index is 1.62. The highest BCUT2D eigenvalue weighted by atomic mass is 79.9. The quantitative estimate of drug-likeness (QED) is 0.839. The van der Waals surface area contributed by atoms with Crippen molar-refractivity contribution >= 4 is 21.7 Å². The summed E-state index contributed by atoms with van der Waals surface area (Å²) in [6.45, 7) is 4.23. The predicted octanol–water partition coefficient (Wildman–Crippen LogP) is 3.10. The fourth-order valence-corrected chi connectivity index (χ4v) is 3.36. The molecule has 18 heavy (non-hydrogen) atoms. The van der Waals surface area contributed by atoms with E-state index in [1.165, 1.54) is 25.8 Å². The summed E-state index contributed by atoms with van der Waals surface area (Å²) in [5, 5.41) is 0. The molecule has 1 atom stereocenters. The van der Waals surface area contributed by atoms with Crippen molar-refractivity contribution < 1.29 is 4.74 Å². The summed E-state index contributed by atoms with van der Waals surface area (Å²) < 4.78 is 6.50. The van der Waals surface area contributed by atoms with Crippen LogP contribution in [0.25, 0.3) is 0 Å². The molecule has 2 fully saturated rings. The minimum Gasteiger partial charge on any atom is -0.381 e. The molecule has 4 heteroatoms. The van der Waals surface area contributed by atoms with Crippen molar-refractivity contribution in [3.05, 3.63) is 22.8 Å². The van der Waals surface area contributed by atoms with Gasteiger partial charge in [0, 0.05) is 37.0 Å². The molecule has 1 aromatic rings. The highest BCUT2D eigenvalue weighted by Crippen LogP contribution is 2.32. The van der Waals surface area contributed by atoms with Crippen molar-refractivity contribution in [2.75, 3.05) is 31.2 Å². The standard InChI is InChI=1S/C14H19BrN2O/c15-13-1-2-14(16-9-13)17-6-3-12(10-17)11-4-7-18-8-5-11/h1-2,9,11-12H,3-8,10H2/t12-/m1/s1. The smallest absolute Gasteiger partial charge is 0.128 e. The molecule has 0 saturated carbocycles. The van der Waals surface area contributed by atoms with Gasteiger partial charge in [-0.25, -0.2) is 4.98 Å². The van der Waals surface area contributed by atoms with Crippen LogP contribution in [0.1, 0.15) is 19.3 Å². The third-order valence-electron chi connectivity index (χ3n) is 4.19. The fraction of sp³-hybridized carbons (Fsp3) is 0.643. The maximum Gasteiger partial charge on any atom is 0.128 e. The number of hydrogen-bond donors (Lipinski definition) is 0. The first-order valence-corrected chi connectivity index (χ1v) is 7.56. The summed E-state index contributed by atoms with van der Waals surface area (Å²) in [6, 6.07) is 4.18. The third kappa shape index (κ3) is 2.69. The van der Waals surface area contributed by atoms with E-state index < -0.39 is 0 Å². The van der Waals surface area contributed by atoms with Crippen molar-refractivity contribution in [3.63, 3.8) is 0 Å². The zero-order chi connectivity index (χ0) is 12.4. The van der Waals surface area contributed by atoms with Crippen molar-refractivity contribution in [1.29, 1.82) is 0 Å². The molecule has 2 aliphatic rings. The maximum atomic E-state index is 5.45. The Bertz CT molecular complexity index is 389. The molecule has 2 aliphatic heterocycles. The second kappa shape index (κ2) is 5.57. The van der Waals surface area contributed by atoms with Crippen molar-refractivity contribution in [2.24, 2.45) is 11.8 Å². The molecule has 3 rings (SSSR count). The highest BCUT2D eigenvalue weighted by molar-refractivity contribution is 9.10. The molecule has 0 N–H and O–H groups in total. The van der Waals surface area contributed by atoms with Gasteiger partial charge < -0.3 is 9.64 Å². The van der Waals surface area contributed by atoms with E-state index in [1.54, 1.807) is 0 Å². The molecule has 0 aliphatic carbocycles. The summed E-state index contributed by atoms with van der Waals surface area (Å²) in [5.41, 5.74) is 0. The molecule has 0 unspecified atom stereocenters. The minimum absolute atomic E-state index is 0.833. The van der Waals surface area contributed by atoms with Gasteiger partial charge in [-0.05, 0) is 59.2 Å². The van der Waals surface area contributed by atoms with Gasteiger partial charge in [-0.1, -0.05) is 0 Å². The molecule has 0 spiro atoms. The summed E-state index contributed by atoms with van der Waals surface area (Å²) in [5.74, 6) is 2.81. The van der Waals surface area contributed by atoms with Crippen LogP contribution in [-0.4, -0.2) is 31.3 Å². The van der Waals surface area contributed by atoms with Crippen LogP contribution in [0.15, 0.2) is 22.8 Å². The van der Waals surface area contributed by atoms with Crippen molar-refractivity contribution in [1.82, 2.24) is 4.98 Å². The van der Waals surface area contributed by atoms with E-state index in [0.717, 1.165) is 41.9 Å². The first-order chi connectivity index (χ1) is 8.83. The Morgan fingerprint density at radius 2 is 2.00 bits per heavy atom. The number of aromatic nitrogens is 1. The average molecular weight is 311 g/mol. The lowest BCUT2D eigenvalue weighted by atomic mass is 9.85. The van der Waals surface area contributed by atoms with E-state index in [4.69, 9.17) is 4.74 Å². The van der Waals surface area contributed by atoms with E-state index in [0.29, 0.717) is 0 Å². The third-order valence-corrected chi connectivity index (χ3v) is 4.66. The van der Waals surface area contributed by atoms with Gasteiger partial charge in [0.25, 0.3) is 0 Å². The van der Waals surface area contributed by atoms with E-state index >= 15 is 0 Å². The molecule has 0 aromatic carbocycles. The molecule has 0 bridgehead atoms. The molecule has 0 radical (unpaired) electrons. The van der Waals surface area contributed by atoms with E-state index in [2.05, 4.69) is 37.9 Å². The summed E-state index contributed by atoms with van der Waals surface area (Å²) >= 11 is 3.43. The number of anilines is 1. The van der Waals surface area contributed by atoms with Crippen LogP contribution in [0.5, 0.6) is 0 Å². The lowest BCUT2D eigenvalue weighted by Crippen LogP contribution is -2.27. The van der Waals surface area contributed by atoms with Crippen LogP contribution < -0.4 is 4.90 Å². The molecule has 98 valence electrons. The number of nitrogens with zero attached hydrogens (tertiary/aromatic N) is 2. The second-order valence-corrected chi connectivity index (χ2v) is 6.19. The topological polar surface area (TPSA) is 25.4 Å². The lowest BCUT2D eigenvalue weighted by molar-refractivity contribution is 0.0500. The zero-order valence-electron chi connectivity index (χ0n) is 10.5. The molecule has 0 amide bonds. The lowest BCUT2D eigenvalue weighted by Gasteiger charge is -2.27. The van der Waals surface area contributed by atoms with Gasteiger partial charge in [0.2, 0.25) is 0 Å². The van der Waals surface area contributed by atoms with Crippen LogP contribution in [0, 0.1) is 11.8 Å². The molecule has 2 saturated heterocycles. The largest absolute Gasteiger partial charge is 0.381 e. The molecule has 3 nitrogen and oxygen atoms in total. The Kier molecular flexibility index (Phi) is 3.85. The minimum atomic E-state index is 0.833. The summed E-state index contributed by atoms with van der Waals surface area (Å²) in [7, 11) is 0. The van der Waals surface area contributed by atoms with Gasteiger partial charge in [-0.2, -0.15) is 0 Å². The Labute approximate surface area is 117 Å². The van der Waals surface area contributed by atoms with Gasteiger partial charge >= 0.3 is 0 Å². The van der Waals surface area contributed by atoms with E-state index in [9.17, 15) is 0 Å². The summed E-state index contributed by atoms with van der Waals surface area (Å²) in [4.78, 5) is 6.92. The number of pyridine rings is 1. The van der Waals surface area contributed by atoms with E-state index in [1.807, 2.05) is 6.20 Å². The van der Waals surface area contributed by atoms with Crippen LogP contribution in [0.4, 0.5) is 5.82 Å². The first-order valence-electron chi connectivity index (χ1n) is 6.77. The highest BCUT2D eigenvalue weighted by Gasteiger charge is 2.30. The Hall–Kier alpha value is -0.610. The van der Waals surface area contributed by atoms with Crippen LogP contribution >= 0.6 is 15.9 Å². The maximum absolute atomic E-state index is 5.45. The molecular formula is C14H19BrN2O. The first kappa shape index (κ1) is 12.4. The molecular weight excluding hydrogens is 292 g/mol. The van der Waals surface area contributed by atoms with Gasteiger partial charge in [0.05, 0.1) is 0 Å². The zero-order valence-corrected chi connectivity index (χ0v) is 12.1. The van der Waals surface area contributed by atoms with Crippen LogP contribution in [-0.2, 0) is 4.74 Å². The van der Waals surface area contributed by atoms with Gasteiger partial charge in [-0.3, -0.25) is 0 Å². The number of hydrogen-bond acceptors (Lipinski definition) is 3. The Morgan fingerprint density at radius 3 is 2.72 bits per heavy atom. The van der Waals surface area contributed by atoms with Crippen molar-refractivity contribution in [2.45, 2.75) is 19.3 Å². The number of halogens is 1. The van der Waals surface area contributed by atoms with Crippen LogP contribution in [0.2, 0.25) is 0 Å². The molecule has 3 heterocycles. The van der Waals surface area contributed by atoms with Gasteiger partial charge in [0.15, 0.2) is 0 Å². The second-order valence-electron chi connectivity index (χ2n) is 5.28. The number of ether oxygens (including phenoxy) is 1. The summed E-state index contributed by atoms with van der Waals surface area (Å²) in [6.07, 6.45) is 5.68. The monoisotopic (exact) mass is 310 g/mol. The van der Waals surface area contributed by atoms with Crippen molar-refractivity contribution in [3.8, 4) is 0 Å². The fourth-order valence-electron chi connectivity index (χ4n) is 3.12. The normalized spacial score (nSPS) is 25.6. The van der Waals surface area contributed by atoms with Gasteiger partial charge in [-0.15, -0.1) is 0 Å². The van der Waals surface area contributed by atoms with Gasteiger partial charge in [0.1, 0.15) is 5.82 Å². The Morgan fingerprint density at radius 1 is 1.17 bits per heavy atom. The van der Waals surface area contributed by atoms with Crippen LogP contribution in [0.3, 0.4) is 0 Å². The SMILES string of the molecule is Brc1ccc(N2CC[C@@H](C3CCOCC3)C2)nc1. The predicted molar refractivity (Wildman–Crippen MR) is 75.8 cm³/mol. The average Bonchev–Trinajstić information content (AvgIpc) is 2.90. The number of rotatable bonds is 2.